The standard InChI is InChI=1S/C21H25ClN6O4S/c22-20-19(25-12-16-14-32-10-7-24-16)13-26-28(21(20)29)17-5-8-27(9-6-17)33(30,31)18-3-1-15(11-23)2-4-18/h1-4,13,16-17,24-25H,5-10,12,14H2/t16-/m0/s1. The van der Waals surface area contributed by atoms with Crippen LogP contribution in [0.1, 0.15) is 24.4 Å². The number of nitriles is 1. The van der Waals surface area contributed by atoms with Crippen LogP contribution in [0.15, 0.2) is 40.2 Å². The summed E-state index contributed by atoms with van der Waals surface area (Å²) >= 11 is 6.32. The number of anilines is 1. The van der Waals surface area contributed by atoms with E-state index in [2.05, 4.69) is 15.7 Å². The Morgan fingerprint density at radius 1 is 1.27 bits per heavy atom. The Labute approximate surface area is 197 Å². The van der Waals surface area contributed by atoms with Crippen molar-refractivity contribution in [3.63, 3.8) is 0 Å². The average Bonchev–Trinajstić information content (AvgIpc) is 2.86. The maximum Gasteiger partial charge on any atom is 0.287 e. The third-order valence-corrected chi connectivity index (χ3v) is 8.15. The van der Waals surface area contributed by atoms with Gasteiger partial charge in [-0.05, 0) is 37.1 Å². The molecule has 1 aromatic carbocycles. The summed E-state index contributed by atoms with van der Waals surface area (Å²) < 4.78 is 34.0. The number of hydrogen-bond acceptors (Lipinski definition) is 8. The lowest BCUT2D eigenvalue weighted by Gasteiger charge is -2.31. The number of nitrogens with one attached hydrogen (secondary N) is 2. The average molecular weight is 493 g/mol. The molecule has 0 saturated carbocycles. The van der Waals surface area contributed by atoms with Crippen LogP contribution in [0.5, 0.6) is 0 Å². The number of sulfonamides is 1. The van der Waals surface area contributed by atoms with Gasteiger partial charge in [-0.25, -0.2) is 13.1 Å². The third-order valence-electron chi connectivity index (χ3n) is 5.87. The zero-order chi connectivity index (χ0) is 23.4. The molecule has 2 aliphatic heterocycles. The van der Waals surface area contributed by atoms with Crippen LogP contribution >= 0.6 is 11.6 Å². The molecular formula is C21H25ClN6O4S. The molecule has 0 radical (unpaired) electrons. The predicted molar refractivity (Wildman–Crippen MR) is 123 cm³/mol. The molecule has 2 aromatic rings. The number of ether oxygens (including phenoxy) is 1. The van der Waals surface area contributed by atoms with E-state index in [1.807, 2.05) is 6.07 Å². The summed E-state index contributed by atoms with van der Waals surface area (Å²) in [5.74, 6) is 0. The van der Waals surface area contributed by atoms with E-state index in [4.69, 9.17) is 21.6 Å². The van der Waals surface area contributed by atoms with Crippen molar-refractivity contribution in [1.82, 2.24) is 19.4 Å². The highest BCUT2D eigenvalue weighted by Gasteiger charge is 2.31. The highest BCUT2D eigenvalue weighted by Crippen LogP contribution is 2.27. The highest BCUT2D eigenvalue weighted by atomic mass is 35.5. The van der Waals surface area contributed by atoms with Crippen LogP contribution in [0.2, 0.25) is 5.02 Å². The quantitative estimate of drug-likeness (QED) is 0.615. The molecule has 0 bridgehead atoms. The van der Waals surface area contributed by atoms with Gasteiger partial charge in [-0.15, -0.1) is 0 Å². The lowest BCUT2D eigenvalue weighted by atomic mass is 10.1. The Morgan fingerprint density at radius 3 is 2.64 bits per heavy atom. The molecule has 2 aliphatic rings. The van der Waals surface area contributed by atoms with Crippen LogP contribution in [0, 0.1) is 11.3 Å². The predicted octanol–water partition coefficient (Wildman–Crippen LogP) is 1.19. The molecular weight excluding hydrogens is 468 g/mol. The van der Waals surface area contributed by atoms with Crippen molar-refractivity contribution >= 4 is 27.3 Å². The van der Waals surface area contributed by atoms with Crippen molar-refractivity contribution in [1.29, 1.82) is 5.26 Å². The van der Waals surface area contributed by atoms with Crippen LogP contribution in [0.4, 0.5) is 5.69 Å². The fraction of sp³-hybridized carbons (Fsp3) is 0.476. The second-order valence-electron chi connectivity index (χ2n) is 8.00. The minimum absolute atomic E-state index is 0.0642. The first-order valence-electron chi connectivity index (χ1n) is 10.7. The number of piperidine rings is 1. The highest BCUT2D eigenvalue weighted by molar-refractivity contribution is 7.89. The van der Waals surface area contributed by atoms with Crippen LogP contribution in [-0.2, 0) is 14.8 Å². The van der Waals surface area contributed by atoms with Crippen molar-refractivity contribution in [2.24, 2.45) is 0 Å². The number of benzene rings is 1. The molecule has 12 heteroatoms. The van der Waals surface area contributed by atoms with Gasteiger partial charge >= 0.3 is 0 Å². The summed E-state index contributed by atoms with van der Waals surface area (Å²) in [6.07, 6.45) is 2.41. The first-order valence-corrected chi connectivity index (χ1v) is 12.5. The van der Waals surface area contributed by atoms with Gasteiger partial charge in [0.25, 0.3) is 5.56 Å². The molecule has 0 amide bonds. The molecule has 3 heterocycles. The molecule has 0 spiro atoms. The SMILES string of the molecule is N#Cc1ccc(S(=O)(=O)N2CCC(n3ncc(NC[C@H]4COCCN4)c(Cl)c3=O)CC2)cc1. The zero-order valence-corrected chi connectivity index (χ0v) is 19.5. The number of morpholine rings is 1. The van der Waals surface area contributed by atoms with E-state index in [0.717, 1.165) is 6.54 Å². The van der Waals surface area contributed by atoms with Crippen LogP contribution < -0.4 is 16.2 Å². The number of aromatic nitrogens is 2. The molecule has 4 rings (SSSR count). The first-order chi connectivity index (χ1) is 15.9. The molecule has 0 unspecified atom stereocenters. The van der Waals surface area contributed by atoms with Crippen molar-refractivity contribution < 1.29 is 13.2 Å². The minimum Gasteiger partial charge on any atom is -0.381 e. The van der Waals surface area contributed by atoms with Gasteiger partial charge in [0.1, 0.15) is 5.02 Å². The summed E-state index contributed by atoms with van der Waals surface area (Å²) in [6.45, 7) is 3.11. The first kappa shape index (κ1) is 23.7. The van der Waals surface area contributed by atoms with Crippen molar-refractivity contribution in [3.05, 3.63) is 51.4 Å². The van der Waals surface area contributed by atoms with Crippen LogP contribution in [-0.4, -0.2) is 67.9 Å². The largest absolute Gasteiger partial charge is 0.381 e. The van der Waals surface area contributed by atoms with E-state index in [1.54, 1.807) is 0 Å². The van der Waals surface area contributed by atoms with Gasteiger partial charge in [-0.1, -0.05) is 11.6 Å². The number of hydrogen-bond donors (Lipinski definition) is 2. The van der Waals surface area contributed by atoms with Gasteiger partial charge in [0, 0.05) is 32.2 Å². The normalized spacial score (nSPS) is 20.3. The van der Waals surface area contributed by atoms with Gasteiger partial charge in [0.15, 0.2) is 0 Å². The monoisotopic (exact) mass is 492 g/mol. The number of nitrogens with zero attached hydrogens (tertiary/aromatic N) is 4. The summed E-state index contributed by atoms with van der Waals surface area (Å²) in [4.78, 5) is 13.0. The molecule has 176 valence electrons. The zero-order valence-electron chi connectivity index (χ0n) is 17.9. The molecule has 1 aromatic heterocycles. The van der Waals surface area contributed by atoms with E-state index in [1.165, 1.54) is 39.4 Å². The van der Waals surface area contributed by atoms with Gasteiger partial charge in [-0.3, -0.25) is 4.79 Å². The summed E-state index contributed by atoms with van der Waals surface area (Å²) in [7, 11) is -3.67. The molecule has 2 N–H and O–H groups in total. The Hall–Kier alpha value is -2.49. The molecule has 0 aliphatic carbocycles. The van der Waals surface area contributed by atoms with Gasteiger partial charge in [0.05, 0.1) is 47.7 Å². The second-order valence-corrected chi connectivity index (χ2v) is 10.3. The Kier molecular flexibility index (Phi) is 7.31. The van der Waals surface area contributed by atoms with E-state index in [-0.39, 0.29) is 35.1 Å². The maximum atomic E-state index is 12.9. The molecule has 33 heavy (non-hydrogen) atoms. The molecule has 2 saturated heterocycles. The smallest absolute Gasteiger partial charge is 0.287 e. The molecule has 10 nitrogen and oxygen atoms in total. The summed E-state index contributed by atoms with van der Waals surface area (Å²) in [6, 6.07) is 7.70. The van der Waals surface area contributed by atoms with Gasteiger partial charge in [0.2, 0.25) is 10.0 Å². The number of halogens is 1. The van der Waals surface area contributed by atoms with Crippen LogP contribution in [0.3, 0.4) is 0 Å². The van der Waals surface area contributed by atoms with Crippen LogP contribution in [0.25, 0.3) is 0 Å². The van der Waals surface area contributed by atoms with E-state index in [0.29, 0.717) is 43.9 Å². The van der Waals surface area contributed by atoms with E-state index >= 15 is 0 Å². The Morgan fingerprint density at radius 2 is 2.00 bits per heavy atom. The van der Waals surface area contributed by atoms with Crippen molar-refractivity contribution in [2.75, 3.05) is 44.7 Å². The number of rotatable bonds is 6. The lowest BCUT2D eigenvalue weighted by Crippen LogP contribution is -2.45. The van der Waals surface area contributed by atoms with E-state index < -0.39 is 15.6 Å². The minimum atomic E-state index is -3.67. The van der Waals surface area contributed by atoms with Crippen molar-refractivity contribution in [3.8, 4) is 6.07 Å². The molecule has 2 fully saturated rings. The van der Waals surface area contributed by atoms with E-state index in [9.17, 15) is 13.2 Å². The Balaban J connectivity index is 1.40. The van der Waals surface area contributed by atoms with Gasteiger partial charge in [-0.2, -0.15) is 14.7 Å². The van der Waals surface area contributed by atoms with Crippen molar-refractivity contribution in [2.45, 2.75) is 29.8 Å². The fourth-order valence-electron chi connectivity index (χ4n) is 3.99. The fourth-order valence-corrected chi connectivity index (χ4v) is 5.66. The second kappa shape index (κ2) is 10.2. The summed E-state index contributed by atoms with van der Waals surface area (Å²) in [5.41, 5.74) is 0.463. The Bertz CT molecular complexity index is 1180. The van der Waals surface area contributed by atoms with Gasteiger partial charge < -0.3 is 15.4 Å². The third kappa shape index (κ3) is 5.20. The molecule has 1 atom stereocenters. The lowest BCUT2D eigenvalue weighted by molar-refractivity contribution is 0.0806. The topological polar surface area (TPSA) is 129 Å². The summed E-state index contributed by atoms with van der Waals surface area (Å²) in [5, 5.41) is 19.7. The maximum absolute atomic E-state index is 12.9.